The van der Waals surface area contributed by atoms with Crippen molar-refractivity contribution in [2.24, 2.45) is 0 Å². The average Bonchev–Trinajstić information content (AvgIpc) is 3.00. The molecule has 1 N–H and O–H groups in total. The highest BCUT2D eigenvalue weighted by Gasteiger charge is 2.24. The molecule has 0 radical (unpaired) electrons. The van der Waals surface area contributed by atoms with Crippen LogP contribution in [0.25, 0.3) is 0 Å². The topological polar surface area (TPSA) is 69.4 Å². The molecule has 1 atom stereocenters. The van der Waals surface area contributed by atoms with Gasteiger partial charge in [0.15, 0.2) is 0 Å². The Kier molecular flexibility index (Phi) is 5.16. The number of aromatic nitrogens is 2. The summed E-state index contributed by atoms with van der Waals surface area (Å²) in [6.45, 7) is 4.89. The van der Waals surface area contributed by atoms with Gasteiger partial charge in [0.2, 0.25) is 11.8 Å². The van der Waals surface area contributed by atoms with Crippen molar-refractivity contribution in [3.8, 4) is 11.8 Å². The molecular weight excluding hydrogens is 270 g/mol. The third-order valence-electron chi connectivity index (χ3n) is 3.24. The van der Waals surface area contributed by atoms with Gasteiger partial charge in [-0.15, -0.1) is 0 Å². The van der Waals surface area contributed by atoms with E-state index in [1.54, 1.807) is 26.7 Å². The quantitative estimate of drug-likeness (QED) is 0.844. The first-order valence-corrected chi connectivity index (χ1v) is 6.99. The molecule has 0 saturated heterocycles. The molecule has 0 aliphatic rings. The SMILES string of the molecule is CCNC(c1ccoc1CC)c1ncc(OC)nc1OC. The third-order valence-corrected chi connectivity index (χ3v) is 3.24. The monoisotopic (exact) mass is 291 g/mol. The van der Waals surface area contributed by atoms with Crippen molar-refractivity contribution in [3.63, 3.8) is 0 Å². The van der Waals surface area contributed by atoms with Crippen molar-refractivity contribution in [1.29, 1.82) is 0 Å². The molecule has 2 heterocycles. The van der Waals surface area contributed by atoms with E-state index in [9.17, 15) is 0 Å². The van der Waals surface area contributed by atoms with Crippen LogP contribution in [0.2, 0.25) is 0 Å². The second kappa shape index (κ2) is 7.08. The molecular formula is C15H21N3O3. The minimum atomic E-state index is -0.128. The Balaban J connectivity index is 2.47. The Morgan fingerprint density at radius 3 is 2.71 bits per heavy atom. The first-order valence-electron chi connectivity index (χ1n) is 6.99. The second-order valence-corrected chi connectivity index (χ2v) is 4.45. The van der Waals surface area contributed by atoms with Crippen molar-refractivity contribution in [1.82, 2.24) is 15.3 Å². The highest BCUT2D eigenvalue weighted by Crippen LogP contribution is 2.30. The normalized spacial score (nSPS) is 12.2. The Hall–Kier alpha value is -2.08. The minimum absolute atomic E-state index is 0.128. The van der Waals surface area contributed by atoms with Crippen molar-refractivity contribution >= 4 is 0 Å². The molecule has 0 aliphatic carbocycles. The first-order chi connectivity index (χ1) is 10.2. The highest BCUT2D eigenvalue weighted by molar-refractivity contribution is 5.35. The standard InChI is InChI=1S/C15H21N3O3/c1-5-11-10(7-8-21-11)13(16-6-2)14-15(20-4)18-12(19-3)9-17-14/h7-9,13,16H,5-6H2,1-4H3. The number of ether oxygens (including phenoxy) is 2. The summed E-state index contributed by atoms with van der Waals surface area (Å²) in [6, 6.07) is 1.83. The molecule has 0 aromatic carbocycles. The summed E-state index contributed by atoms with van der Waals surface area (Å²) in [4.78, 5) is 8.75. The summed E-state index contributed by atoms with van der Waals surface area (Å²) in [7, 11) is 3.13. The fourth-order valence-corrected chi connectivity index (χ4v) is 2.27. The van der Waals surface area contributed by atoms with Crippen LogP contribution in [-0.2, 0) is 6.42 Å². The van der Waals surface area contributed by atoms with Gasteiger partial charge in [-0.05, 0) is 12.6 Å². The number of nitrogens with one attached hydrogen (secondary N) is 1. The van der Waals surface area contributed by atoms with E-state index in [0.717, 1.165) is 30.0 Å². The van der Waals surface area contributed by atoms with E-state index >= 15 is 0 Å². The Morgan fingerprint density at radius 2 is 2.10 bits per heavy atom. The maximum Gasteiger partial charge on any atom is 0.240 e. The molecule has 6 nitrogen and oxygen atoms in total. The molecule has 2 rings (SSSR count). The summed E-state index contributed by atoms with van der Waals surface area (Å²) in [5.41, 5.74) is 1.77. The lowest BCUT2D eigenvalue weighted by atomic mass is 10.0. The molecule has 0 fully saturated rings. The molecule has 0 saturated carbocycles. The van der Waals surface area contributed by atoms with Crippen LogP contribution in [-0.4, -0.2) is 30.7 Å². The van der Waals surface area contributed by atoms with E-state index in [1.807, 2.05) is 13.0 Å². The molecule has 0 aliphatic heterocycles. The van der Waals surface area contributed by atoms with Crippen LogP contribution in [0.5, 0.6) is 11.8 Å². The molecule has 0 bridgehead atoms. The van der Waals surface area contributed by atoms with Gasteiger partial charge in [0.25, 0.3) is 0 Å². The maximum absolute atomic E-state index is 5.53. The minimum Gasteiger partial charge on any atom is -0.480 e. The lowest BCUT2D eigenvalue weighted by molar-refractivity contribution is 0.352. The fourth-order valence-electron chi connectivity index (χ4n) is 2.27. The van der Waals surface area contributed by atoms with Crippen LogP contribution in [0.15, 0.2) is 22.9 Å². The number of hydrogen-bond donors (Lipinski definition) is 1. The summed E-state index contributed by atoms with van der Waals surface area (Å²) in [5, 5.41) is 3.40. The van der Waals surface area contributed by atoms with Gasteiger partial charge in [-0.1, -0.05) is 13.8 Å². The summed E-state index contributed by atoms with van der Waals surface area (Å²) >= 11 is 0. The number of aryl methyl sites for hydroxylation is 1. The van der Waals surface area contributed by atoms with Crippen LogP contribution in [0, 0.1) is 0 Å². The van der Waals surface area contributed by atoms with Gasteiger partial charge >= 0.3 is 0 Å². The van der Waals surface area contributed by atoms with Crippen LogP contribution >= 0.6 is 0 Å². The molecule has 21 heavy (non-hydrogen) atoms. The van der Waals surface area contributed by atoms with Crippen LogP contribution in [0.1, 0.15) is 36.9 Å². The Labute approximate surface area is 124 Å². The van der Waals surface area contributed by atoms with Crippen molar-refractivity contribution in [2.75, 3.05) is 20.8 Å². The Bertz CT molecular complexity index is 583. The Morgan fingerprint density at radius 1 is 1.29 bits per heavy atom. The maximum atomic E-state index is 5.53. The molecule has 2 aromatic heterocycles. The largest absolute Gasteiger partial charge is 0.480 e. The smallest absolute Gasteiger partial charge is 0.240 e. The molecule has 0 amide bonds. The fraction of sp³-hybridized carbons (Fsp3) is 0.467. The summed E-state index contributed by atoms with van der Waals surface area (Å²) in [6.07, 6.45) is 4.10. The number of methoxy groups -OCH3 is 2. The van der Waals surface area contributed by atoms with Gasteiger partial charge in [0, 0.05) is 12.0 Å². The van der Waals surface area contributed by atoms with E-state index in [1.165, 1.54) is 0 Å². The highest BCUT2D eigenvalue weighted by atomic mass is 16.5. The number of furan rings is 1. The van der Waals surface area contributed by atoms with Crippen molar-refractivity contribution in [3.05, 3.63) is 35.5 Å². The zero-order chi connectivity index (χ0) is 15.2. The van der Waals surface area contributed by atoms with E-state index in [4.69, 9.17) is 13.9 Å². The van der Waals surface area contributed by atoms with Gasteiger partial charge in [0.1, 0.15) is 11.5 Å². The third kappa shape index (κ3) is 3.16. The number of nitrogens with zero attached hydrogens (tertiary/aromatic N) is 2. The molecule has 2 aromatic rings. The van der Waals surface area contributed by atoms with E-state index < -0.39 is 0 Å². The van der Waals surface area contributed by atoms with E-state index in [-0.39, 0.29) is 6.04 Å². The lowest BCUT2D eigenvalue weighted by Gasteiger charge is -2.19. The summed E-state index contributed by atoms with van der Waals surface area (Å²) < 4.78 is 16.0. The molecule has 0 spiro atoms. The van der Waals surface area contributed by atoms with Crippen molar-refractivity contribution < 1.29 is 13.9 Å². The zero-order valence-electron chi connectivity index (χ0n) is 12.8. The van der Waals surface area contributed by atoms with Crippen molar-refractivity contribution in [2.45, 2.75) is 26.3 Å². The van der Waals surface area contributed by atoms with Gasteiger partial charge in [-0.2, -0.15) is 4.98 Å². The van der Waals surface area contributed by atoms with Crippen LogP contribution in [0.4, 0.5) is 0 Å². The molecule has 6 heteroatoms. The van der Waals surface area contributed by atoms with Gasteiger partial charge in [0.05, 0.1) is 32.7 Å². The summed E-state index contributed by atoms with van der Waals surface area (Å²) in [5.74, 6) is 1.80. The average molecular weight is 291 g/mol. The zero-order valence-corrected chi connectivity index (χ0v) is 12.8. The predicted octanol–water partition coefficient (Wildman–Crippen LogP) is 2.35. The predicted molar refractivity (Wildman–Crippen MR) is 78.7 cm³/mol. The second-order valence-electron chi connectivity index (χ2n) is 4.45. The number of hydrogen-bond acceptors (Lipinski definition) is 6. The lowest BCUT2D eigenvalue weighted by Crippen LogP contribution is -2.24. The molecule has 114 valence electrons. The van der Waals surface area contributed by atoms with E-state index in [0.29, 0.717) is 11.8 Å². The van der Waals surface area contributed by atoms with Gasteiger partial charge in [-0.25, -0.2) is 4.98 Å². The first kappa shape index (κ1) is 15.3. The van der Waals surface area contributed by atoms with Crippen LogP contribution in [0.3, 0.4) is 0 Å². The molecule has 1 unspecified atom stereocenters. The van der Waals surface area contributed by atoms with Gasteiger partial charge < -0.3 is 19.2 Å². The van der Waals surface area contributed by atoms with Gasteiger partial charge in [-0.3, -0.25) is 0 Å². The van der Waals surface area contributed by atoms with Crippen LogP contribution < -0.4 is 14.8 Å². The number of rotatable bonds is 7. The van der Waals surface area contributed by atoms with E-state index in [2.05, 4.69) is 22.2 Å².